The second-order valence-electron chi connectivity index (χ2n) is 4.92. The zero-order valence-corrected chi connectivity index (χ0v) is 13.2. The number of hydrogen-bond acceptors (Lipinski definition) is 3. The minimum Gasteiger partial charge on any atom is -0.349 e. The van der Waals surface area contributed by atoms with E-state index in [1.165, 1.54) is 0 Å². The summed E-state index contributed by atoms with van der Waals surface area (Å²) in [6.45, 7) is 7.89. The Morgan fingerprint density at radius 1 is 1.47 bits per heavy atom. The molecule has 1 rings (SSSR count). The van der Waals surface area contributed by atoms with Crippen LogP contribution >= 0.6 is 12.4 Å². The van der Waals surface area contributed by atoms with Crippen molar-refractivity contribution in [3.05, 3.63) is 17.0 Å². The average Bonchev–Trinajstić information content (AvgIpc) is 2.49. The van der Waals surface area contributed by atoms with Gasteiger partial charge in [-0.05, 0) is 27.2 Å². The smallest absolute Gasteiger partial charge is 0.222 e. The van der Waals surface area contributed by atoms with Crippen LogP contribution in [0.2, 0.25) is 0 Å². The molecule has 0 aromatic carbocycles. The van der Waals surface area contributed by atoms with E-state index in [1.807, 2.05) is 32.5 Å². The molecular formula is C13H25ClN4O. The summed E-state index contributed by atoms with van der Waals surface area (Å²) in [6, 6.07) is -0.0939. The zero-order valence-electron chi connectivity index (χ0n) is 12.4. The summed E-state index contributed by atoms with van der Waals surface area (Å²) in [5.41, 5.74) is 8.83. The number of nitrogens with two attached hydrogens (primary N) is 1. The van der Waals surface area contributed by atoms with E-state index >= 15 is 0 Å². The van der Waals surface area contributed by atoms with Crippen molar-refractivity contribution in [3.63, 3.8) is 0 Å². The highest BCUT2D eigenvalue weighted by Crippen LogP contribution is 2.23. The lowest BCUT2D eigenvalue weighted by Gasteiger charge is -2.18. The maximum atomic E-state index is 11.8. The summed E-state index contributed by atoms with van der Waals surface area (Å²) < 4.78 is 1.85. The topological polar surface area (TPSA) is 72.9 Å². The van der Waals surface area contributed by atoms with E-state index in [4.69, 9.17) is 5.73 Å². The summed E-state index contributed by atoms with van der Waals surface area (Å²) in [6.07, 6.45) is 1.20. The summed E-state index contributed by atoms with van der Waals surface area (Å²) in [4.78, 5) is 11.8. The van der Waals surface area contributed by atoms with Crippen molar-refractivity contribution in [3.8, 4) is 0 Å². The van der Waals surface area contributed by atoms with Crippen molar-refractivity contribution in [1.82, 2.24) is 15.1 Å². The van der Waals surface area contributed by atoms with Gasteiger partial charge < -0.3 is 11.1 Å². The molecule has 0 aliphatic heterocycles. The first-order valence-corrected chi connectivity index (χ1v) is 6.41. The van der Waals surface area contributed by atoms with Gasteiger partial charge in [-0.15, -0.1) is 12.4 Å². The summed E-state index contributed by atoms with van der Waals surface area (Å²) in [5.74, 6) is -0.000460. The van der Waals surface area contributed by atoms with Crippen LogP contribution in [0.15, 0.2) is 0 Å². The summed E-state index contributed by atoms with van der Waals surface area (Å²) in [7, 11) is 1.92. The van der Waals surface area contributed by atoms with Gasteiger partial charge in [0, 0.05) is 30.8 Å². The van der Waals surface area contributed by atoms with Crippen LogP contribution in [0.4, 0.5) is 0 Å². The van der Waals surface area contributed by atoms with Crippen molar-refractivity contribution in [1.29, 1.82) is 0 Å². The maximum Gasteiger partial charge on any atom is 0.222 e. The van der Waals surface area contributed by atoms with Gasteiger partial charge in [-0.2, -0.15) is 5.10 Å². The van der Waals surface area contributed by atoms with E-state index in [1.54, 1.807) is 0 Å². The molecule has 0 spiro atoms. The van der Waals surface area contributed by atoms with Crippen molar-refractivity contribution in [2.75, 3.05) is 0 Å². The highest BCUT2D eigenvalue weighted by Gasteiger charge is 2.20. The summed E-state index contributed by atoms with van der Waals surface area (Å²) >= 11 is 0. The zero-order chi connectivity index (χ0) is 13.9. The first-order valence-electron chi connectivity index (χ1n) is 6.41. The number of aromatic nitrogens is 2. The fourth-order valence-corrected chi connectivity index (χ4v) is 2.22. The number of aryl methyl sites for hydroxylation is 2. The van der Waals surface area contributed by atoms with Gasteiger partial charge in [0.1, 0.15) is 0 Å². The normalized spacial score (nSPS) is 13.6. The van der Waals surface area contributed by atoms with Gasteiger partial charge in [0.15, 0.2) is 0 Å². The summed E-state index contributed by atoms with van der Waals surface area (Å²) in [5, 5.41) is 7.43. The molecule has 0 saturated carbocycles. The van der Waals surface area contributed by atoms with Crippen molar-refractivity contribution < 1.29 is 4.79 Å². The number of rotatable bonds is 5. The van der Waals surface area contributed by atoms with Crippen LogP contribution in [0.5, 0.6) is 0 Å². The van der Waals surface area contributed by atoms with E-state index in [2.05, 4.69) is 17.3 Å². The average molecular weight is 289 g/mol. The molecule has 19 heavy (non-hydrogen) atoms. The number of carbonyl (C=O) groups excluding carboxylic acids is 1. The van der Waals surface area contributed by atoms with E-state index < -0.39 is 0 Å². The number of nitrogens with one attached hydrogen (secondary N) is 1. The second kappa shape index (κ2) is 7.50. The Bertz CT molecular complexity index is 429. The monoisotopic (exact) mass is 288 g/mol. The van der Waals surface area contributed by atoms with Gasteiger partial charge >= 0.3 is 0 Å². The second-order valence-corrected chi connectivity index (χ2v) is 4.92. The molecule has 2 unspecified atom stereocenters. The molecule has 1 amide bonds. The molecule has 0 bridgehead atoms. The Labute approximate surface area is 121 Å². The molecule has 1 heterocycles. The number of hydrogen-bond donors (Lipinski definition) is 2. The molecule has 0 aliphatic carbocycles. The Kier molecular flexibility index (Phi) is 7.08. The third-order valence-corrected chi connectivity index (χ3v) is 3.16. The minimum absolute atomic E-state index is 0. The van der Waals surface area contributed by atoms with Crippen molar-refractivity contribution in [2.24, 2.45) is 12.8 Å². The Morgan fingerprint density at radius 2 is 2.05 bits per heavy atom. The molecule has 1 aromatic rings. The van der Waals surface area contributed by atoms with E-state index in [0.717, 1.165) is 23.4 Å². The number of amides is 1. The number of carbonyl (C=O) groups is 1. The molecule has 5 nitrogen and oxygen atoms in total. The molecule has 0 radical (unpaired) electrons. The van der Waals surface area contributed by atoms with Gasteiger partial charge in [-0.25, -0.2) is 0 Å². The molecule has 0 saturated heterocycles. The van der Waals surface area contributed by atoms with Crippen LogP contribution in [0.25, 0.3) is 0 Å². The highest BCUT2D eigenvalue weighted by atomic mass is 35.5. The Hall–Kier alpha value is -1.07. The van der Waals surface area contributed by atoms with Crippen LogP contribution in [-0.4, -0.2) is 21.7 Å². The molecule has 0 aliphatic rings. The van der Waals surface area contributed by atoms with Crippen LogP contribution < -0.4 is 11.1 Å². The SMILES string of the molecule is CCC(NC(=O)CC(C)N)c1c(C)nn(C)c1C.Cl. The minimum atomic E-state index is -0.112. The standard InChI is InChI=1S/C13H24N4O.ClH/c1-6-11(15-12(18)7-8(2)14)13-9(3)16-17(5)10(13)4;/h8,11H,6-7,14H2,1-5H3,(H,15,18);1H. The molecule has 0 fully saturated rings. The molecular weight excluding hydrogens is 264 g/mol. The van der Waals surface area contributed by atoms with Gasteiger partial charge in [-0.3, -0.25) is 9.48 Å². The maximum absolute atomic E-state index is 11.8. The van der Waals surface area contributed by atoms with Crippen molar-refractivity contribution in [2.45, 2.75) is 52.6 Å². The third-order valence-electron chi connectivity index (χ3n) is 3.16. The number of nitrogens with zero attached hydrogens (tertiary/aromatic N) is 2. The quantitative estimate of drug-likeness (QED) is 0.867. The molecule has 3 N–H and O–H groups in total. The first-order chi connectivity index (χ1) is 8.36. The first kappa shape index (κ1) is 17.9. The fourth-order valence-electron chi connectivity index (χ4n) is 2.22. The predicted molar refractivity (Wildman–Crippen MR) is 79.4 cm³/mol. The van der Waals surface area contributed by atoms with Crippen LogP contribution in [0.3, 0.4) is 0 Å². The highest BCUT2D eigenvalue weighted by molar-refractivity contribution is 5.85. The van der Waals surface area contributed by atoms with Gasteiger partial charge in [0.2, 0.25) is 5.91 Å². The van der Waals surface area contributed by atoms with Crippen LogP contribution in [0, 0.1) is 13.8 Å². The molecule has 6 heteroatoms. The largest absolute Gasteiger partial charge is 0.349 e. The fraction of sp³-hybridized carbons (Fsp3) is 0.692. The van der Waals surface area contributed by atoms with Crippen LogP contribution in [0.1, 0.15) is 49.7 Å². The molecule has 1 aromatic heterocycles. The number of halogens is 1. The van der Waals surface area contributed by atoms with Crippen LogP contribution in [-0.2, 0) is 11.8 Å². The molecule has 2 atom stereocenters. The third kappa shape index (κ3) is 4.51. The van der Waals surface area contributed by atoms with E-state index in [9.17, 15) is 4.79 Å². The van der Waals surface area contributed by atoms with Gasteiger partial charge in [0.25, 0.3) is 0 Å². The molecule has 110 valence electrons. The Balaban J connectivity index is 0.00000324. The Morgan fingerprint density at radius 3 is 2.42 bits per heavy atom. The predicted octanol–water partition coefficient (Wildman–Crippen LogP) is 1.76. The van der Waals surface area contributed by atoms with E-state index in [0.29, 0.717) is 6.42 Å². The van der Waals surface area contributed by atoms with Gasteiger partial charge in [0.05, 0.1) is 11.7 Å². The lowest BCUT2D eigenvalue weighted by Crippen LogP contribution is -2.33. The van der Waals surface area contributed by atoms with Gasteiger partial charge in [-0.1, -0.05) is 6.92 Å². The van der Waals surface area contributed by atoms with Crippen molar-refractivity contribution >= 4 is 18.3 Å². The van der Waals surface area contributed by atoms with E-state index in [-0.39, 0.29) is 30.4 Å². The lowest BCUT2D eigenvalue weighted by atomic mass is 10.0. The lowest BCUT2D eigenvalue weighted by molar-refractivity contribution is -0.122.